The smallest absolute Gasteiger partial charge is 0.335 e. The molecule has 2 saturated heterocycles. The molecule has 0 spiro atoms. The van der Waals surface area contributed by atoms with Crippen LogP contribution < -0.4 is 5.32 Å². The molecule has 2 heterocycles. The summed E-state index contributed by atoms with van der Waals surface area (Å²) in [6.07, 6.45) is -1.33. The Bertz CT molecular complexity index is 435. The molecular formula is C12H13NO4. The van der Waals surface area contributed by atoms with Gasteiger partial charge in [0.25, 0.3) is 0 Å². The zero-order chi connectivity index (χ0) is 11.9. The minimum absolute atomic E-state index is 0.429. The second kappa shape index (κ2) is 3.80. The van der Waals surface area contributed by atoms with Crippen molar-refractivity contribution in [2.75, 3.05) is 13.1 Å². The molecule has 1 aromatic carbocycles. The van der Waals surface area contributed by atoms with E-state index in [4.69, 9.17) is 14.6 Å². The Morgan fingerprint density at radius 1 is 1.35 bits per heavy atom. The summed E-state index contributed by atoms with van der Waals surface area (Å²) < 4.78 is 11.4. The largest absolute Gasteiger partial charge is 0.479 e. The number of nitrogens with one attached hydrogen (secondary N) is 1. The van der Waals surface area contributed by atoms with Crippen molar-refractivity contribution in [1.82, 2.24) is 5.32 Å². The monoisotopic (exact) mass is 235 g/mol. The normalized spacial score (nSPS) is 35.8. The highest BCUT2D eigenvalue weighted by Crippen LogP contribution is 2.39. The number of carbonyl (C=O) groups is 1. The maximum atomic E-state index is 11.1. The number of hydrogen-bond acceptors (Lipinski definition) is 4. The Morgan fingerprint density at radius 2 is 2.12 bits per heavy atom. The minimum atomic E-state index is -0.975. The van der Waals surface area contributed by atoms with Crippen molar-refractivity contribution in [3.63, 3.8) is 0 Å². The third kappa shape index (κ3) is 1.63. The van der Waals surface area contributed by atoms with Gasteiger partial charge >= 0.3 is 5.97 Å². The Morgan fingerprint density at radius 3 is 2.82 bits per heavy atom. The molecule has 0 aromatic heterocycles. The van der Waals surface area contributed by atoms with Crippen LogP contribution in [0.1, 0.15) is 5.56 Å². The first kappa shape index (κ1) is 10.7. The fourth-order valence-corrected chi connectivity index (χ4v) is 2.37. The average molecular weight is 235 g/mol. The highest BCUT2D eigenvalue weighted by Gasteiger charge is 2.54. The average Bonchev–Trinajstić information content (AvgIpc) is 2.63. The molecule has 2 bridgehead atoms. The van der Waals surface area contributed by atoms with E-state index in [1.807, 2.05) is 30.3 Å². The summed E-state index contributed by atoms with van der Waals surface area (Å²) in [5.41, 5.74) is 0.848. The molecule has 3 atom stereocenters. The molecule has 0 amide bonds. The first-order chi connectivity index (χ1) is 8.21. The standard InChI is InChI=1S/C12H13NO4/c14-11(15)10-9-6-13-7-12(16-9,17-10)8-4-2-1-3-5-8/h1-5,9-10,13H,6-7H2,(H,14,15)/t9-,10+,12+/m0/s1. The summed E-state index contributed by atoms with van der Waals surface area (Å²) in [5, 5.41) is 12.2. The number of morpholine rings is 1. The predicted molar refractivity (Wildman–Crippen MR) is 58.4 cm³/mol. The maximum Gasteiger partial charge on any atom is 0.335 e. The number of ether oxygens (including phenoxy) is 2. The molecule has 5 nitrogen and oxygen atoms in total. The second-order valence-corrected chi connectivity index (χ2v) is 4.28. The first-order valence-corrected chi connectivity index (χ1v) is 5.56. The topological polar surface area (TPSA) is 67.8 Å². The van der Waals surface area contributed by atoms with Crippen molar-refractivity contribution < 1.29 is 19.4 Å². The van der Waals surface area contributed by atoms with Crippen LogP contribution in [-0.4, -0.2) is 36.4 Å². The number of hydrogen-bond donors (Lipinski definition) is 2. The van der Waals surface area contributed by atoms with E-state index >= 15 is 0 Å². The fourth-order valence-electron chi connectivity index (χ4n) is 2.37. The van der Waals surface area contributed by atoms with Crippen LogP contribution in [0.15, 0.2) is 30.3 Å². The van der Waals surface area contributed by atoms with Gasteiger partial charge in [-0.25, -0.2) is 4.79 Å². The van der Waals surface area contributed by atoms with Gasteiger partial charge in [0, 0.05) is 12.1 Å². The molecule has 90 valence electrons. The molecule has 5 heteroatoms. The first-order valence-electron chi connectivity index (χ1n) is 5.56. The van der Waals surface area contributed by atoms with Crippen LogP contribution in [0.5, 0.6) is 0 Å². The van der Waals surface area contributed by atoms with Crippen molar-refractivity contribution in [2.24, 2.45) is 0 Å². The lowest BCUT2D eigenvalue weighted by atomic mass is 10.1. The minimum Gasteiger partial charge on any atom is -0.479 e. The number of benzene rings is 1. The van der Waals surface area contributed by atoms with Gasteiger partial charge in [0.2, 0.25) is 5.79 Å². The number of aliphatic carboxylic acids is 1. The van der Waals surface area contributed by atoms with E-state index in [9.17, 15) is 4.79 Å². The van der Waals surface area contributed by atoms with Crippen LogP contribution >= 0.6 is 0 Å². The molecule has 17 heavy (non-hydrogen) atoms. The zero-order valence-corrected chi connectivity index (χ0v) is 9.13. The molecule has 0 radical (unpaired) electrons. The Hall–Kier alpha value is -1.43. The highest BCUT2D eigenvalue weighted by molar-refractivity contribution is 5.73. The van der Waals surface area contributed by atoms with Gasteiger partial charge in [0.15, 0.2) is 6.10 Å². The van der Waals surface area contributed by atoms with Crippen LogP contribution in [-0.2, 0) is 20.1 Å². The molecule has 2 N–H and O–H groups in total. The summed E-state index contributed by atoms with van der Waals surface area (Å²) in [5.74, 6) is -1.93. The van der Waals surface area contributed by atoms with Crippen LogP contribution in [0.3, 0.4) is 0 Å². The van der Waals surface area contributed by atoms with Gasteiger partial charge in [-0.15, -0.1) is 0 Å². The van der Waals surface area contributed by atoms with Crippen molar-refractivity contribution >= 4 is 5.97 Å². The molecule has 2 fully saturated rings. The molecular weight excluding hydrogens is 222 g/mol. The summed E-state index contributed by atoms with van der Waals surface area (Å²) in [4.78, 5) is 11.1. The summed E-state index contributed by atoms with van der Waals surface area (Å²) in [6.45, 7) is 0.975. The van der Waals surface area contributed by atoms with Crippen LogP contribution in [0.4, 0.5) is 0 Å². The van der Waals surface area contributed by atoms with Crippen LogP contribution in [0.2, 0.25) is 0 Å². The Labute approximate surface area is 98.3 Å². The number of fused-ring (bicyclic) bond motifs is 2. The second-order valence-electron chi connectivity index (χ2n) is 4.28. The molecule has 1 aromatic rings. The van der Waals surface area contributed by atoms with Gasteiger partial charge in [-0.05, 0) is 0 Å². The van der Waals surface area contributed by atoms with Crippen LogP contribution in [0.25, 0.3) is 0 Å². The lowest BCUT2D eigenvalue weighted by Crippen LogP contribution is -2.47. The van der Waals surface area contributed by atoms with Gasteiger partial charge < -0.3 is 19.9 Å². The molecule has 0 unspecified atom stereocenters. The molecule has 3 rings (SSSR count). The van der Waals surface area contributed by atoms with E-state index in [0.29, 0.717) is 13.1 Å². The molecule has 0 aliphatic carbocycles. The van der Waals surface area contributed by atoms with E-state index in [1.54, 1.807) is 0 Å². The van der Waals surface area contributed by atoms with Gasteiger partial charge in [0.05, 0.1) is 6.54 Å². The summed E-state index contributed by atoms with van der Waals surface area (Å²) in [6, 6.07) is 9.43. The SMILES string of the molecule is O=C(O)[C@@H]1O[C@@]2(c3ccccc3)CNC[C@@H]1O2. The van der Waals surface area contributed by atoms with Crippen molar-refractivity contribution in [2.45, 2.75) is 18.0 Å². The van der Waals surface area contributed by atoms with E-state index < -0.39 is 24.0 Å². The van der Waals surface area contributed by atoms with Crippen molar-refractivity contribution in [1.29, 1.82) is 0 Å². The van der Waals surface area contributed by atoms with Crippen molar-refractivity contribution in [3.8, 4) is 0 Å². The molecule has 0 saturated carbocycles. The summed E-state index contributed by atoms with van der Waals surface area (Å²) >= 11 is 0. The Kier molecular flexibility index (Phi) is 2.39. The molecule has 2 aliphatic rings. The molecule has 2 aliphatic heterocycles. The lowest BCUT2D eigenvalue weighted by Gasteiger charge is -2.32. The van der Waals surface area contributed by atoms with E-state index in [1.165, 1.54) is 0 Å². The van der Waals surface area contributed by atoms with Crippen molar-refractivity contribution in [3.05, 3.63) is 35.9 Å². The lowest BCUT2D eigenvalue weighted by molar-refractivity contribution is -0.195. The predicted octanol–water partition coefficient (Wildman–Crippen LogP) is 0.311. The third-order valence-corrected chi connectivity index (χ3v) is 3.16. The number of carboxylic acid groups (broad SMARTS) is 1. The van der Waals surface area contributed by atoms with Crippen LogP contribution in [0, 0.1) is 0 Å². The summed E-state index contributed by atoms with van der Waals surface area (Å²) in [7, 11) is 0. The van der Waals surface area contributed by atoms with Gasteiger partial charge in [-0.2, -0.15) is 0 Å². The van der Waals surface area contributed by atoms with E-state index in [0.717, 1.165) is 5.56 Å². The third-order valence-electron chi connectivity index (χ3n) is 3.16. The zero-order valence-electron chi connectivity index (χ0n) is 9.13. The van der Waals surface area contributed by atoms with E-state index in [-0.39, 0.29) is 0 Å². The maximum absolute atomic E-state index is 11.1. The highest BCUT2D eigenvalue weighted by atomic mass is 16.8. The number of carboxylic acids is 1. The quantitative estimate of drug-likeness (QED) is 0.772. The Balaban J connectivity index is 1.96. The van der Waals surface area contributed by atoms with Gasteiger partial charge in [-0.1, -0.05) is 30.3 Å². The fraction of sp³-hybridized carbons (Fsp3) is 0.417. The van der Waals surface area contributed by atoms with Gasteiger partial charge in [0.1, 0.15) is 6.10 Å². The van der Waals surface area contributed by atoms with Gasteiger partial charge in [-0.3, -0.25) is 0 Å². The van der Waals surface area contributed by atoms with E-state index in [2.05, 4.69) is 5.32 Å². The number of rotatable bonds is 2.